The second kappa shape index (κ2) is 5.23. The predicted molar refractivity (Wildman–Crippen MR) is 59.6 cm³/mol. The molecule has 0 spiro atoms. The van der Waals surface area contributed by atoms with Gasteiger partial charge in [-0.25, -0.2) is 0 Å². The van der Waals surface area contributed by atoms with E-state index >= 15 is 0 Å². The first-order valence-corrected chi connectivity index (χ1v) is 6.12. The Morgan fingerprint density at radius 3 is 3.33 bits per heavy atom. The van der Waals surface area contributed by atoms with Gasteiger partial charge >= 0.3 is 0 Å². The van der Waals surface area contributed by atoms with Crippen LogP contribution >= 0.6 is 11.3 Å². The third-order valence-corrected chi connectivity index (χ3v) is 3.32. The Hall–Kier alpha value is -0.940. The smallest absolute Gasteiger partial charge is 0.237 e. The van der Waals surface area contributed by atoms with Gasteiger partial charge in [-0.3, -0.25) is 9.78 Å². The Labute approximate surface area is 93.1 Å². The number of carbonyl (C=O) groups is 1. The van der Waals surface area contributed by atoms with E-state index in [-0.39, 0.29) is 11.9 Å². The molecule has 2 rings (SSSR count). The lowest BCUT2D eigenvalue weighted by Gasteiger charge is -2.13. The Balaban J connectivity index is 1.84. The Bertz CT molecular complexity index is 312. The first kappa shape index (κ1) is 10.6. The number of thiazole rings is 1. The molecule has 1 aromatic heterocycles. The van der Waals surface area contributed by atoms with Gasteiger partial charge < -0.3 is 10.6 Å². The number of hydrogen-bond acceptors (Lipinski definition) is 4. The molecule has 1 saturated heterocycles. The van der Waals surface area contributed by atoms with Crippen molar-refractivity contribution in [3.05, 3.63) is 16.6 Å². The molecule has 2 heterocycles. The summed E-state index contributed by atoms with van der Waals surface area (Å²) in [5, 5.41) is 6.18. The second-order valence-electron chi connectivity index (χ2n) is 3.69. The number of hydrogen-bond donors (Lipinski definition) is 2. The average molecular weight is 225 g/mol. The summed E-state index contributed by atoms with van der Waals surface area (Å²) in [5.41, 5.74) is 1.81. The quantitative estimate of drug-likeness (QED) is 0.803. The topological polar surface area (TPSA) is 54.0 Å². The van der Waals surface area contributed by atoms with E-state index in [1.165, 1.54) is 4.88 Å². The maximum Gasteiger partial charge on any atom is 0.237 e. The summed E-state index contributed by atoms with van der Waals surface area (Å²) in [6.07, 6.45) is 4.97. The van der Waals surface area contributed by atoms with E-state index in [4.69, 9.17) is 0 Å². The van der Waals surface area contributed by atoms with Gasteiger partial charge in [0.05, 0.1) is 11.6 Å². The number of aromatic nitrogens is 1. The molecule has 1 unspecified atom stereocenters. The summed E-state index contributed by atoms with van der Waals surface area (Å²) in [7, 11) is 0. The fourth-order valence-corrected chi connectivity index (χ4v) is 2.23. The van der Waals surface area contributed by atoms with E-state index in [1.54, 1.807) is 11.3 Å². The van der Waals surface area contributed by atoms with Gasteiger partial charge in [0.15, 0.2) is 0 Å². The summed E-state index contributed by atoms with van der Waals surface area (Å²) in [6, 6.07) is -0.0328. The molecule has 5 heteroatoms. The van der Waals surface area contributed by atoms with Crippen molar-refractivity contribution in [2.75, 3.05) is 6.54 Å². The molecular weight excluding hydrogens is 210 g/mol. The molecule has 0 saturated carbocycles. The summed E-state index contributed by atoms with van der Waals surface area (Å²) in [6.45, 7) is 1.56. The summed E-state index contributed by atoms with van der Waals surface area (Å²) < 4.78 is 0. The largest absolute Gasteiger partial charge is 0.355 e. The van der Waals surface area contributed by atoms with Crippen molar-refractivity contribution in [2.45, 2.75) is 31.8 Å². The van der Waals surface area contributed by atoms with Gasteiger partial charge in [0.2, 0.25) is 5.91 Å². The highest BCUT2D eigenvalue weighted by molar-refractivity contribution is 7.09. The minimum absolute atomic E-state index is 0.0328. The van der Waals surface area contributed by atoms with Crippen molar-refractivity contribution in [1.29, 1.82) is 0 Å². The van der Waals surface area contributed by atoms with Crippen LogP contribution in [0.1, 0.15) is 24.1 Å². The maximum absolute atomic E-state index is 11.6. The number of amides is 1. The van der Waals surface area contributed by atoms with Gasteiger partial charge in [-0.05, 0) is 19.3 Å². The fourth-order valence-electron chi connectivity index (χ4n) is 1.69. The van der Waals surface area contributed by atoms with Gasteiger partial charge in [-0.1, -0.05) is 0 Å². The molecule has 1 aromatic rings. The molecule has 0 radical (unpaired) electrons. The van der Waals surface area contributed by atoms with Crippen LogP contribution in [0.25, 0.3) is 0 Å². The average Bonchev–Trinajstić information content (AvgIpc) is 2.67. The van der Waals surface area contributed by atoms with E-state index in [2.05, 4.69) is 15.6 Å². The Morgan fingerprint density at radius 1 is 1.60 bits per heavy atom. The maximum atomic E-state index is 11.6. The van der Waals surface area contributed by atoms with Crippen LogP contribution in [0.4, 0.5) is 0 Å². The fraction of sp³-hybridized carbons (Fsp3) is 0.600. The third kappa shape index (κ3) is 3.00. The normalized spacial score (nSPS) is 22.1. The van der Waals surface area contributed by atoms with E-state index in [0.29, 0.717) is 0 Å². The van der Waals surface area contributed by atoms with Crippen molar-refractivity contribution >= 4 is 17.2 Å². The molecule has 0 aromatic carbocycles. The number of nitrogens with one attached hydrogen (secondary N) is 2. The lowest BCUT2D eigenvalue weighted by atomic mass is 10.1. The molecule has 82 valence electrons. The molecule has 2 N–H and O–H groups in total. The summed E-state index contributed by atoms with van der Waals surface area (Å²) >= 11 is 1.61. The van der Waals surface area contributed by atoms with Crippen LogP contribution in [0, 0.1) is 0 Å². The van der Waals surface area contributed by atoms with Crippen LogP contribution < -0.4 is 10.6 Å². The van der Waals surface area contributed by atoms with Gasteiger partial charge in [-0.15, -0.1) is 11.3 Å². The SMILES string of the molecule is O=C1NCCCCC1NCc1cncs1. The van der Waals surface area contributed by atoms with Crippen LogP contribution in [0.2, 0.25) is 0 Å². The van der Waals surface area contributed by atoms with Crippen molar-refractivity contribution in [3.8, 4) is 0 Å². The first-order valence-electron chi connectivity index (χ1n) is 5.25. The molecular formula is C10H15N3OS. The zero-order valence-corrected chi connectivity index (χ0v) is 9.35. The van der Waals surface area contributed by atoms with Crippen LogP contribution in [0.3, 0.4) is 0 Å². The second-order valence-corrected chi connectivity index (χ2v) is 4.66. The van der Waals surface area contributed by atoms with Gasteiger partial charge in [0.25, 0.3) is 0 Å². The van der Waals surface area contributed by atoms with Gasteiger partial charge in [0, 0.05) is 24.2 Å². The molecule has 1 aliphatic rings. The minimum atomic E-state index is -0.0328. The molecule has 1 atom stereocenters. The van der Waals surface area contributed by atoms with E-state index in [0.717, 1.165) is 32.4 Å². The Morgan fingerprint density at radius 2 is 2.53 bits per heavy atom. The molecule has 1 aliphatic heterocycles. The van der Waals surface area contributed by atoms with Crippen LogP contribution in [0.5, 0.6) is 0 Å². The Kier molecular flexibility index (Phi) is 3.69. The lowest BCUT2D eigenvalue weighted by molar-refractivity contribution is -0.122. The zero-order valence-electron chi connectivity index (χ0n) is 8.53. The summed E-state index contributed by atoms with van der Waals surface area (Å²) in [4.78, 5) is 16.8. The highest BCUT2D eigenvalue weighted by Gasteiger charge is 2.19. The molecule has 0 aliphatic carbocycles. The lowest BCUT2D eigenvalue weighted by Crippen LogP contribution is -2.42. The van der Waals surface area contributed by atoms with Crippen molar-refractivity contribution in [2.24, 2.45) is 0 Å². The first-order chi connectivity index (χ1) is 7.36. The van der Waals surface area contributed by atoms with Crippen molar-refractivity contribution in [3.63, 3.8) is 0 Å². The molecule has 1 fully saturated rings. The van der Waals surface area contributed by atoms with Gasteiger partial charge in [0.1, 0.15) is 0 Å². The zero-order chi connectivity index (χ0) is 10.5. The molecule has 1 amide bonds. The van der Waals surface area contributed by atoms with Crippen molar-refractivity contribution in [1.82, 2.24) is 15.6 Å². The summed E-state index contributed by atoms with van der Waals surface area (Å²) in [5.74, 6) is 0.136. The minimum Gasteiger partial charge on any atom is -0.355 e. The number of carbonyl (C=O) groups excluding carboxylic acids is 1. The number of nitrogens with zero attached hydrogens (tertiary/aromatic N) is 1. The standard InChI is InChI=1S/C10H15N3OS/c14-10-9(3-1-2-4-12-10)13-6-8-5-11-7-15-8/h5,7,9,13H,1-4,6H2,(H,12,14). The highest BCUT2D eigenvalue weighted by atomic mass is 32.1. The van der Waals surface area contributed by atoms with Crippen LogP contribution in [-0.4, -0.2) is 23.5 Å². The third-order valence-electron chi connectivity index (χ3n) is 2.54. The number of rotatable bonds is 3. The predicted octanol–water partition coefficient (Wildman–Crippen LogP) is 0.901. The van der Waals surface area contributed by atoms with E-state index in [9.17, 15) is 4.79 Å². The van der Waals surface area contributed by atoms with E-state index < -0.39 is 0 Å². The molecule has 4 nitrogen and oxygen atoms in total. The monoisotopic (exact) mass is 225 g/mol. The van der Waals surface area contributed by atoms with Crippen LogP contribution in [-0.2, 0) is 11.3 Å². The molecule has 15 heavy (non-hydrogen) atoms. The van der Waals surface area contributed by atoms with Crippen LogP contribution in [0.15, 0.2) is 11.7 Å². The van der Waals surface area contributed by atoms with Crippen molar-refractivity contribution < 1.29 is 4.79 Å². The van der Waals surface area contributed by atoms with E-state index in [1.807, 2.05) is 11.7 Å². The van der Waals surface area contributed by atoms with Gasteiger partial charge in [-0.2, -0.15) is 0 Å². The molecule has 0 bridgehead atoms. The highest BCUT2D eigenvalue weighted by Crippen LogP contribution is 2.08.